The minimum Gasteiger partial charge on any atom is -0.289 e. The number of nitrogens with zero attached hydrogens (tertiary/aromatic N) is 2. The van der Waals surface area contributed by atoms with Crippen LogP contribution < -0.4 is 5.56 Å². The van der Waals surface area contributed by atoms with Crippen molar-refractivity contribution in [2.75, 3.05) is 0 Å². The summed E-state index contributed by atoms with van der Waals surface area (Å²) in [6.07, 6.45) is 1.61. The molecule has 30 heavy (non-hydrogen) atoms. The van der Waals surface area contributed by atoms with Gasteiger partial charge in [0, 0.05) is 21.9 Å². The molecule has 0 aliphatic heterocycles. The van der Waals surface area contributed by atoms with E-state index < -0.39 is 5.54 Å². The van der Waals surface area contributed by atoms with Gasteiger partial charge in [-0.2, -0.15) is 5.10 Å². The summed E-state index contributed by atoms with van der Waals surface area (Å²) in [6, 6.07) is 12.0. The number of ketones is 1. The van der Waals surface area contributed by atoms with E-state index in [1.807, 2.05) is 32.9 Å². The zero-order chi connectivity index (χ0) is 22.1. The standard InChI is InChI=1S/C22H19Cl3N2O2S/c1-22(2,3)27-21(29)19(25)18(11-26-27)30-12-13-4-6-14(7-5-13)20(28)16-9-8-15(23)10-17(16)24/h4-11H,12H2,1-3H3. The van der Waals surface area contributed by atoms with Gasteiger partial charge < -0.3 is 0 Å². The molecule has 0 saturated heterocycles. The molecule has 2 aromatic carbocycles. The Labute approximate surface area is 194 Å². The van der Waals surface area contributed by atoms with Crippen LogP contribution in [0.4, 0.5) is 0 Å². The number of hydrogen-bond acceptors (Lipinski definition) is 4. The van der Waals surface area contributed by atoms with E-state index in [1.54, 1.807) is 36.5 Å². The number of carbonyl (C=O) groups is 1. The van der Waals surface area contributed by atoms with E-state index >= 15 is 0 Å². The van der Waals surface area contributed by atoms with Gasteiger partial charge in [-0.3, -0.25) is 9.59 Å². The zero-order valence-corrected chi connectivity index (χ0v) is 19.7. The quantitative estimate of drug-likeness (QED) is 0.309. The van der Waals surface area contributed by atoms with Gasteiger partial charge in [0.15, 0.2) is 5.78 Å². The average Bonchev–Trinajstić information content (AvgIpc) is 2.68. The molecule has 0 amide bonds. The van der Waals surface area contributed by atoms with Crippen LogP contribution in [0.25, 0.3) is 0 Å². The fraction of sp³-hybridized carbons (Fsp3) is 0.227. The van der Waals surface area contributed by atoms with Gasteiger partial charge in [-0.15, -0.1) is 11.8 Å². The van der Waals surface area contributed by atoms with E-state index in [-0.39, 0.29) is 16.4 Å². The Morgan fingerprint density at radius 3 is 2.33 bits per heavy atom. The number of halogens is 3. The molecule has 1 aromatic heterocycles. The highest BCUT2D eigenvalue weighted by Gasteiger charge is 2.19. The van der Waals surface area contributed by atoms with Crippen molar-refractivity contribution >= 4 is 52.3 Å². The zero-order valence-electron chi connectivity index (χ0n) is 16.6. The number of benzene rings is 2. The highest BCUT2D eigenvalue weighted by atomic mass is 35.5. The number of thioether (sulfide) groups is 1. The van der Waals surface area contributed by atoms with Gasteiger partial charge in [-0.05, 0) is 44.5 Å². The van der Waals surface area contributed by atoms with Crippen LogP contribution in [-0.4, -0.2) is 15.6 Å². The van der Waals surface area contributed by atoms with Crippen LogP contribution in [0.5, 0.6) is 0 Å². The lowest BCUT2D eigenvalue weighted by Crippen LogP contribution is -2.36. The van der Waals surface area contributed by atoms with Crippen molar-refractivity contribution in [3.8, 4) is 0 Å². The first-order valence-electron chi connectivity index (χ1n) is 9.08. The SMILES string of the molecule is CC(C)(C)n1ncc(SCc2ccc(C(=O)c3ccc(Cl)cc3Cl)cc2)c(Cl)c1=O. The van der Waals surface area contributed by atoms with Crippen LogP contribution in [0, 0.1) is 0 Å². The Morgan fingerprint density at radius 2 is 1.73 bits per heavy atom. The molecule has 0 radical (unpaired) electrons. The third-order valence-corrected chi connectivity index (χ3v) is 6.43. The molecule has 0 aliphatic carbocycles. The monoisotopic (exact) mass is 480 g/mol. The predicted molar refractivity (Wildman–Crippen MR) is 124 cm³/mol. The molecule has 0 unspecified atom stereocenters. The molecule has 3 aromatic rings. The van der Waals surface area contributed by atoms with Crippen LogP contribution >= 0.6 is 46.6 Å². The summed E-state index contributed by atoms with van der Waals surface area (Å²) < 4.78 is 1.38. The molecule has 1 heterocycles. The van der Waals surface area contributed by atoms with Gasteiger partial charge in [-0.1, -0.05) is 59.1 Å². The van der Waals surface area contributed by atoms with Crippen LogP contribution in [0.3, 0.4) is 0 Å². The van der Waals surface area contributed by atoms with Crippen LogP contribution in [0.2, 0.25) is 15.1 Å². The lowest BCUT2D eigenvalue weighted by molar-refractivity contribution is 0.103. The van der Waals surface area contributed by atoms with E-state index in [9.17, 15) is 9.59 Å². The second-order valence-corrected chi connectivity index (χ2v) is 9.89. The minimum atomic E-state index is -0.445. The summed E-state index contributed by atoms with van der Waals surface area (Å²) in [5.74, 6) is 0.408. The summed E-state index contributed by atoms with van der Waals surface area (Å²) >= 11 is 19.7. The van der Waals surface area contributed by atoms with Crippen molar-refractivity contribution in [1.29, 1.82) is 0 Å². The van der Waals surface area contributed by atoms with Gasteiger partial charge in [0.25, 0.3) is 5.56 Å². The van der Waals surface area contributed by atoms with Gasteiger partial charge in [0.2, 0.25) is 0 Å². The topological polar surface area (TPSA) is 52.0 Å². The maximum absolute atomic E-state index is 12.7. The lowest BCUT2D eigenvalue weighted by atomic mass is 10.0. The number of rotatable bonds is 5. The van der Waals surface area contributed by atoms with Gasteiger partial charge in [0.05, 0.1) is 21.7 Å². The maximum atomic E-state index is 12.7. The second-order valence-electron chi connectivity index (χ2n) is 7.65. The summed E-state index contributed by atoms with van der Waals surface area (Å²) in [6.45, 7) is 5.68. The molecule has 4 nitrogen and oxygen atoms in total. The molecule has 0 fully saturated rings. The highest BCUT2D eigenvalue weighted by Crippen LogP contribution is 2.28. The Kier molecular flexibility index (Phi) is 6.98. The van der Waals surface area contributed by atoms with Gasteiger partial charge >= 0.3 is 0 Å². The van der Waals surface area contributed by atoms with Crippen LogP contribution in [-0.2, 0) is 11.3 Å². The minimum absolute atomic E-state index is 0.161. The third kappa shape index (κ3) is 5.09. The molecule has 0 spiro atoms. The lowest BCUT2D eigenvalue weighted by Gasteiger charge is -2.21. The molecular weight excluding hydrogens is 463 g/mol. The first-order chi connectivity index (χ1) is 14.1. The summed E-state index contributed by atoms with van der Waals surface area (Å²) in [5.41, 5.74) is 1.16. The van der Waals surface area contributed by atoms with Crippen LogP contribution in [0.1, 0.15) is 42.3 Å². The van der Waals surface area contributed by atoms with Crippen molar-refractivity contribution in [3.05, 3.63) is 90.8 Å². The molecule has 3 rings (SSSR count). The van der Waals surface area contributed by atoms with E-state index in [1.165, 1.54) is 16.4 Å². The first-order valence-corrected chi connectivity index (χ1v) is 11.2. The molecular formula is C22H19Cl3N2O2S. The van der Waals surface area contributed by atoms with E-state index in [4.69, 9.17) is 34.8 Å². The normalized spacial score (nSPS) is 11.5. The van der Waals surface area contributed by atoms with Crippen molar-refractivity contribution in [1.82, 2.24) is 9.78 Å². The summed E-state index contributed by atoms with van der Waals surface area (Å²) in [4.78, 5) is 25.7. The summed E-state index contributed by atoms with van der Waals surface area (Å²) in [5, 5.41) is 5.20. The third-order valence-electron chi connectivity index (χ3n) is 4.31. The number of carbonyl (C=O) groups excluding carboxylic acids is 1. The largest absolute Gasteiger partial charge is 0.289 e. The Hall–Kier alpha value is -1.79. The van der Waals surface area contributed by atoms with E-state index in [2.05, 4.69) is 5.10 Å². The molecule has 0 bridgehead atoms. The van der Waals surface area contributed by atoms with Crippen LogP contribution in [0.15, 0.2) is 58.4 Å². The fourth-order valence-corrected chi connectivity index (χ4v) is 4.38. The first kappa shape index (κ1) is 22.9. The molecule has 8 heteroatoms. The van der Waals surface area contributed by atoms with Gasteiger partial charge in [0.1, 0.15) is 5.02 Å². The van der Waals surface area contributed by atoms with Crippen molar-refractivity contribution in [2.45, 2.75) is 37.0 Å². The smallest absolute Gasteiger partial charge is 0.287 e. The highest BCUT2D eigenvalue weighted by molar-refractivity contribution is 7.98. The molecule has 0 N–H and O–H groups in total. The predicted octanol–water partition coefficient (Wildman–Crippen LogP) is 6.48. The molecule has 156 valence electrons. The molecule has 0 atom stereocenters. The molecule has 0 aliphatic rings. The fourth-order valence-electron chi connectivity index (χ4n) is 2.74. The Bertz CT molecular complexity index is 1150. The molecule has 0 saturated carbocycles. The number of hydrogen-bond donors (Lipinski definition) is 0. The summed E-state index contributed by atoms with van der Waals surface area (Å²) in [7, 11) is 0. The maximum Gasteiger partial charge on any atom is 0.287 e. The van der Waals surface area contributed by atoms with E-state index in [0.29, 0.717) is 31.8 Å². The Balaban J connectivity index is 1.73. The van der Waals surface area contributed by atoms with Crippen molar-refractivity contribution in [2.24, 2.45) is 0 Å². The number of aromatic nitrogens is 2. The van der Waals surface area contributed by atoms with E-state index in [0.717, 1.165) is 5.56 Å². The second kappa shape index (κ2) is 9.15. The Morgan fingerprint density at radius 1 is 1.07 bits per heavy atom. The van der Waals surface area contributed by atoms with Crippen molar-refractivity contribution in [3.63, 3.8) is 0 Å². The van der Waals surface area contributed by atoms with Crippen molar-refractivity contribution < 1.29 is 4.79 Å². The van der Waals surface area contributed by atoms with Gasteiger partial charge in [-0.25, -0.2) is 4.68 Å². The average molecular weight is 482 g/mol.